The fourth-order valence-electron chi connectivity index (χ4n) is 5.03. The van der Waals surface area contributed by atoms with Gasteiger partial charge in [0.2, 0.25) is 0 Å². The predicted octanol–water partition coefficient (Wildman–Crippen LogP) is 4.27. The number of unbranched alkanes of at least 4 members (excludes halogenated alkanes) is 1. The first-order valence-corrected chi connectivity index (χ1v) is 13.6. The standard InChI is InChI=1S/C29H34N8O2/c1-5-7-12-24-30-27-25(28(38)35(6-2)29(39)37(27)17-19(3)4)36(24)18-20-13-15-21(16-14-20)22-10-8-9-11-23(22)26-31-33-34-32-26/h8-11,13-16,19H,5-7,12,17-18H2,1-4H3,(H,31,32,33,34). The summed E-state index contributed by atoms with van der Waals surface area (Å²) < 4.78 is 5.01. The maximum absolute atomic E-state index is 13.6. The second-order valence-corrected chi connectivity index (χ2v) is 10.2. The van der Waals surface area contributed by atoms with Crippen LogP contribution in [0.25, 0.3) is 33.7 Å². The van der Waals surface area contributed by atoms with Crippen LogP contribution in [0.5, 0.6) is 0 Å². The smallest absolute Gasteiger partial charge is 0.318 e. The fourth-order valence-corrected chi connectivity index (χ4v) is 5.03. The predicted molar refractivity (Wildman–Crippen MR) is 152 cm³/mol. The molecule has 0 aliphatic carbocycles. The van der Waals surface area contributed by atoms with Crippen LogP contribution >= 0.6 is 0 Å². The first-order chi connectivity index (χ1) is 18.9. The number of hydrogen-bond donors (Lipinski definition) is 1. The molecule has 3 heterocycles. The molecular formula is C29H34N8O2. The number of aryl methyl sites for hydroxylation is 1. The van der Waals surface area contributed by atoms with Crippen LogP contribution in [0.2, 0.25) is 0 Å². The highest BCUT2D eigenvalue weighted by Crippen LogP contribution is 2.30. The Balaban J connectivity index is 1.59. The average Bonchev–Trinajstić information content (AvgIpc) is 3.59. The Morgan fingerprint density at radius 2 is 1.67 bits per heavy atom. The van der Waals surface area contributed by atoms with Crippen molar-refractivity contribution in [1.29, 1.82) is 0 Å². The summed E-state index contributed by atoms with van der Waals surface area (Å²) in [6.07, 6.45) is 2.70. The maximum atomic E-state index is 13.6. The highest BCUT2D eigenvalue weighted by Gasteiger charge is 2.22. The Bertz CT molecular complexity index is 1690. The number of benzene rings is 2. The van der Waals surface area contributed by atoms with Crippen molar-refractivity contribution in [2.75, 3.05) is 0 Å². The summed E-state index contributed by atoms with van der Waals surface area (Å²) in [5, 5.41) is 14.3. The van der Waals surface area contributed by atoms with Crippen LogP contribution in [-0.4, -0.2) is 39.3 Å². The van der Waals surface area contributed by atoms with Gasteiger partial charge in [0.1, 0.15) is 5.82 Å². The number of H-pyrrole nitrogens is 1. The van der Waals surface area contributed by atoms with E-state index >= 15 is 0 Å². The zero-order chi connectivity index (χ0) is 27.5. The number of fused-ring (bicyclic) bond motifs is 1. The third-order valence-corrected chi connectivity index (χ3v) is 6.94. The second kappa shape index (κ2) is 11.2. The van der Waals surface area contributed by atoms with E-state index in [1.165, 1.54) is 4.57 Å². The lowest BCUT2D eigenvalue weighted by atomic mass is 9.98. The molecule has 0 radical (unpaired) electrons. The molecule has 0 bridgehead atoms. The van der Waals surface area contributed by atoms with Crippen molar-refractivity contribution in [2.24, 2.45) is 5.92 Å². The third kappa shape index (κ3) is 5.06. The second-order valence-electron chi connectivity index (χ2n) is 10.2. The lowest BCUT2D eigenvalue weighted by Gasteiger charge is -2.14. The van der Waals surface area contributed by atoms with Crippen molar-refractivity contribution in [3.05, 3.63) is 80.8 Å². The molecule has 3 aromatic heterocycles. The minimum absolute atomic E-state index is 0.237. The van der Waals surface area contributed by atoms with Gasteiger partial charge in [0.05, 0.1) is 0 Å². The Morgan fingerprint density at radius 1 is 0.923 bits per heavy atom. The molecule has 0 atom stereocenters. The van der Waals surface area contributed by atoms with Gasteiger partial charge in [0.25, 0.3) is 5.56 Å². The van der Waals surface area contributed by atoms with Gasteiger partial charge in [-0.2, -0.15) is 0 Å². The number of tetrazole rings is 1. The Hall–Kier alpha value is -4.34. The molecule has 0 amide bonds. The summed E-state index contributed by atoms with van der Waals surface area (Å²) in [7, 11) is 0. The van der Waals surface area contributed by atoms with Crippen molar-refractivity contribution in [2.45, 2.75) is 66.6 Å². The molecule has 10 heteroatoms. The van der Waals surface area contributed by atoms with E-state index in [4.69, 9.17) is 4.98 Å². The zero-order valence-corrected chi connectivity index (χ0v) is 22.9. The third-order valence-electron chi connectivity index (χ3n) is 6.94. The van der Waals surface area contributed by atoms with E-state index in [1.54, 1.807) is 4.57 Å². The van der Waals surface area contributed by atoms with Crippen molar-refractivity contribution in [3.8, 4) is 22.5 Å². The summed E-state index contributed by atoms with van der Waals surface area (Å²) in [4.78, 5) is 31.7. The van der Waals surface area contributed by atoms with Crippen LogP contribution < -0.4 is 11.2 Å². The van der Waals surface area contributed by atoms with Crippen LogP contribution in [-0.2, 0) is 26.1 Å². The number of imidazole rings is 1. The van der Waals surface area contributed by atoms with Crippen molar-refractivity contribution >= 4 is 11.2 Å². The largest absolute Gasteiger partial charge is 0.332 e. The van der Waals surface area contributed by atoms with Crippen LogP contribution in [0.3, 0.4) is 0 Å². The molecule has 2 aromatic carbocycles. The number of rotatable bonds is 10. The summed E-state index contributed by atoms with van der Waals surface area (Å²) in [5.74, 6) is 1.68. The number of aromatic amines is 1. The first-order valence-electron chi connectivity index (χ1n) is 13.6. The molecule has 0 saturated carbocycles. The molecule has 0 unspecified atom stereocenters. The molecule has 1 N–H and O–H groups in total. The SMILES string of the molecule is CCCCc1nc2c(c(=O)n(CC)c(=O)n2CC(C)C)n1Cc1ccc(-c2ccccc2-c2nnn[nH]2)cc1. The molecule has 5 aromatic rings. The Labute approximate surface area is 226 Å². The van der Waals surface area contributed by atoms with E-state index in [0.29, 0.717) is 36.6 Å². The normalized spacial score (nSPS) is 11.6. The monoisotopic (exact) mass is 526 g/mol. The number of hydrogen-bond acceptors (Lipinski definition) is 6. The van der Waals surface area contributed by atoms with Crippen molar-refractivity contribution in [1.82, 2.24) is 39.3 Å². The van der Waals surface area contributed by atoms with E-state index < -0.39 is 0 Å². The van der Waals surface area contributed by atoms with E-state index in [0.717, 1.165) is 47.3 Å². The average molecular weight is 527 g/mol. The van der Waals surface area contributed by atoms with E-state index in [2.05, 4.69) is 65.7 Å². The molecular weight excluding hydrogens is 492 g/mol. The molecule has 0 spiro atoms. The van der Waals surface area contributed by atoms with Crippen LogP contribution in [0.15, 0.2) is 58.1 Å². The van der Waals surface area contributed by atoms with Crippen molar-refractivity contribution < 1.29 is 0 Å². The van der Waals surface area contributed by atoms with E-state index in [1.807, 2.05) is 35.8 Å². The first kappa shape index (κ1) is 26.3. The molecule has 5 rings (SSSR count). The molecule has 0 saturated heterocycles. The summed E-state index contributed by atoms with van der Waals surface area (Å²) in [6.45, 7) is 9.41. The lowest BCUT2D eigenvalue weighted by Crippen LogP contribution is -2.40. The summed E-state index contributed by atoms with van der Waals surface area (Å²) in [5.41, 5.74) is 4.42. The number of nitrogens with one attached hydrogen (secondary N) is 1. The van der Waals surface area contributed by atoms with Gasteiger partial charge in [-0.25, -0.2) is 14.9 Å². The lowest BCUT2D eigenvalue weighted by molar-refractivity contribution is 0.491. The molecule has 0 aliphatic rings. The van der Waals surface area contributed by atoms with Crippen LogP contribution in [0.1, 0.15) is 51.9 Å². The van der Waals surface area contributed by atoms with Gasteiger partial charge in [0, 0.05) is 31.6 Å². The van der Waals surface area contributed by atoms with Gasteiger partial charge < -0.3 is 4.57 Å². The molecule has 202 valence electrons. The quantitative estimate of drug-likeness (QED) is 0.290. The molecule has 10 nitrogen and oxygen atoms in total. The van der Waals surface area contributed by atoms with E-state index in [9.17, 15) is 9.59 Å². The molecule has 0 aliphatic heterocycles. The number of nitrogens with zero attached hydrogens (tertiary/aromatic N) is 7. The Morgan fingerprint density at radius 3 is 2.31 bits per heavy atom. The highest BCUT2D eigenvalue weighted by atomic mass is 16.2. The Kier molecular flexibility index (Phi) is 7.53. The zero-order valence-electron chi connectivity index (χ0n) is 22.9. The van der Waals surface area contributed by atoms with Gasteiger partial charge in [-0.15, -0.1) is 5.10 Å². The summed E-state index contributed by atoms with van der Waals surface area (Å²) >= 11 is 0. The van der Waals surface area contributed by atoms with Crippen LogP contribution in [0, 0.1) is 5.92 Å². The fraction of sp³-hybridized carbons (Fsp3) is 0.379. The maximum Gasteiger partial charge on any atom is 0.332 e. The summed E-state index contributed by atoms with van der Waals surface area (Å²) in [6, 6.07) is 16.3. The van der Waals surface area contributed by atoms with E-state index in [-0.39, 0.29) is 17.2 Å². The number of aromatic nitrogens is 8. The van der Waals surface area contributed by atoms with Gasteiger partial charge in [-0.1, -0.05) is 75.7 Å². The van der Waals surface area contributed by atoms with Gasteiger partial charge in [-0.05, 0) is 46.4 Å². The van der Waals surface area contributed by atoms with Gasteiger partial charge >= 0.3 is 5.69 Å². The van der Waals surface area contributed by atoms with Gasteiger partial charge in [-0.3, -0.25) is 13.9 Å². The van der Waals surface area contributed by atoms with Gasteiger partial charge in [0.15, 0.2) is 17.0 Å². The minimum Gasteiger partial charge on any atom is -0.318 e. The molecule has 0 fully saturated rings. The van der Waals surface area contributed by atoms with Crippen LogP contribution in [0.4, 0.5) is 0 Å². The molecule has 39 heavy (non-hydrogen) atoms. The van der Waals surface area contributed by atoms with Crippen molar-refractivity contribution in [3.63, 3.8) is 0 Å². The highest BCUT2D eigenvalue weighted by molar-refractivity contribution is 5.80. The topological polar surface area (TPSA) is 116 Å². The minimum atomic E-state index is -0.291.